The minimum Gasteiger partial charge on any atom is -0.481 e. The van der Waals surface area contributed by atoms with Gasteiger partial charge in [-0.2, -0.15) is 0 Å². The van der Waals surface area contributed by atoms with Crippen LogP contribution in [0.1, 0.15) is 64.7 Å². The Bertz CT molecular complexity index is 369. The van der Waals surface area contributed by atoms with Gasteiger partial charge in [0.05, 0.1) is 11.8 Å². The Morgan fingerprint density at radius 3 is 2.43 bits per heavy atom. The van der Waals surface area contributed by atoms with E-state index in [2.05, 4.69) is 12.2 Å². The summed E-state index contributed by atoms with van der Waals surface area (Å²) in [7, 11) is 0. The molecule has 2 rings (SSSR count). The van der Waals surface area contributed by atoms with Crippen molar-refractivity contribution in [1.82, 2.24) is 5.32 Å². The summed E-state index contributed by atoms with van der Waals surface area (Å²) >= 11 is 0. The molecule has 2 saturated carbocycles. The summed E-state index contributed by atoms with van der Waals surface area (Å²) in [6.07, 6.45) is 9.52. The first-order chi connectivity index (χ1) is 10.1. The molecule has 2 unspecified atom stereocenters. The molecule has 0 heterocycles. The summed E-state index contributed by atoms with van der Waals surface area (Å²) in [6, 6.07) is 0. The fourth-order valence-electron chi connectivity index (χ4n) is 4.09. The van der Waals surface area contributed by atoms with Gasteiger partial charge in [0, 0.05) is 6.54 Å². The number of carbonyl (C=O) groups is 2. The number of amides is 1. The summed E-state index contributed by atoms with van der Waals surface area (Å²) in [6.45, 7) is 3.02. The maximum atomic E-state index is 12.2. The Morgan fingerprint density at radius 1 is 1.05 bits per heavy atom. The predicted molar refractivity (Wildman–Crippen MR) is 81.8 cm³/mol. The van der Waals surface area contributed by atoms with Crippen LogP contribution < -0.4 is 5.32 Å². The van der Waals surface area contributed by atoms with Crippen LogP contribution in [0.3, 0.4) is 0 Å². The van der Waals surface area contributed by atoms with E-state index in [4.69, 9.17) is 0 Å². The molecule has 0 radical (unpaired) electrons. The van der Waals surface area contributed by atoms with Crippen molar-refractivity contribution >= 4 is 11.9 Å². The van der Waals surface area contributed by atoms with E-state index in [0.717, 1.165) is 37.5 Å². The average molecular weight is 295 g/mol. The summed E-state index contributed by atoms with van der Waals surface area (Å²) < 4.78 is 0. The maximum absolute atomic E-state index is 12.2. The third-order valence-corrected chi connectivity index (χ3v) is 5.32. The highest BCUT2D eigenvalue weighted by Gasteiger charge is 2.35. The lowest BCUT2D eigenvalue weighted by Crippen LogP contribution is -2.40. The Labute approximate surface area is 127 Å². The minimum atomic E-state index is -0.809. The molecule has 4 heteroatoms. The van der Waals surface area contributed by atoms with E-state index in [9.17, 15) is 14.7 Å². The quantitative estimate of drug-likeness (QED) is 0.818. The topological polar surface area (TPSA) is 66.4 Å². The van der Waals surface area contributed by atoms with Gasteiger partial charge < -0.3 is 10.4 Å². The van der Waals surface area contributed by atoms with Gasteiger partial charge in [0.25, 0.3) is 0 Å². The zero-order valence-electron chi connectivity index (χ0n) is 13.1. The number of carboxylic acids is 1. The van der Waals surface area contributed by atoms with Gasteiger partial charge in [-0.25, -0.2) is 0 Å². The molecule has 0 spiro atoms. The molecule has 0 saturated heterocycles. The van der Waals surface area contributed by atoms with Crippen LogP contribution >= 0.6 is 0 Å². The zero-order valence-corrected chi connectivity index (χ0v) is 13.1. The molecule has 0 aromatic carbocycles. The fourth-order valence-corrected chi connectivity index (χ4v) is 4.09. The molecule has 2 aliphatic rings. The van der Waals surface area contributed by atoms with E-state index in [-0.39, 0.29) is 11.8 Å². The van der Waals surface area contributed by atoms with E-state index in [1.54, 1.807) is 0 Å². The molecule has 0 bridgehead atoms. The van der Waals surface area contributed by atoms with Crippen molar-refractivity contribution in [3.63, 3.8) is 0 Å². The Kier molecular flexibility index (Phi) is 6.07. The van der Waals surface area contributed by atoms with Crippen molar-refractivity contribution in [2.75, 3.05) is 6.54 Å². The molecule has 2 aliphatic carbocycles. The first-order valence-corrected chi connectivity index (χ1v) is 8.58. The molecule has 21 heavy (non-hydrogen) atoms. The molecular weight excluding hydrogens is 266 g/mol. The highest BCUT2D eigenvalue weighted by Crippen LogP contribution is 2.31. The first-order valence-electron chi connectivity index (χ1n) is 8.58. The van der Waals surface area contributed by atoms with Gasteiger partial charge in [0.15, 0.2) is 0 Å². The van der Waals surface area contributed by atoms with Crippen LogP contribution in [0, 0.1) is 23.7 Å². The normalized spacial score (nSPS) is 33.4. The van der Waals surface area contributed by atoms with Crippen LogP contribution in [0.4, 0.5) is 0 Å². The highest BCUT2D eigenvalue weighted by molar-refractivity contribution is 5.84. The number of carboxylic acid groups (broad SMARTS) is 1. The number of carbonyl (C=O) groups excluding carboxylic acids is 1. The third kappa shape index (κ3) is 4.72. The Hall–Kier alpha value is -1.06. The molecular formula is C17H29NO3. The van der Waals surface area contributed by atoms with E-state index >= 15 is 0 Å². The van der Waals surface area contributed by atoms with Crippen molar-refractivity contribution < 1.29 is 14.7 Å². The van der Waals surface area contributed by atoms with Crippen LogP contribution in [-0.4, -0.2) is 23.5 Å². The Morgan fingerprint density at radius 2 is 1.76 bits per heavy atom. The standard InChI is InChI=1S/C17H29NO3/c1-12-5-4-6-13(11-12)9-10-18-16(19)14-7-2-3-8-15(14)17(20)21/h12-15H,2-11H2,1H3,(H,18,19)(H,20,21)/t12?,13?,14-,15+/m1/s1. The van der Waals surface area contributed by atoms with Crippen LogP contribution in [0.15, 0.2) is 0 Å². The minimum absolute atomic E-state index is 0.0362. The zero-order chi connectivity index (χ0) is 15.2. The fraction of sp³-hybridized carbons (Fsp3) is 0.882. The predicted octanol–water partition coefficient (Wildman–Crippen LogP) is 3.21. The van der Waals surface area contributed by atoms with E-state index < -0.39 is 11.9 Å². The largest absolute Gasteiger partial charge is 0.481 e. The van der Waals surface area contributed by atoms with E-state index in [0.29, 0.717) is 13.0 Å². The lowest BCUT2D eigenvalue weighted by atomic mass is 9.78. The first kappa shape index (κ1) is 16.3. The number of hydrogen-bond donors (Lipinski definition) is 2. The second kappa shape index (κ2) is 7.81. The SMILES string of the molecule is CC1CCCC(CCNC(=O)[C@@H]2CCCC[C@@H]2C(=O)O)C1. The maximum Gasteiger partial charge on any atom is 0.307 e. The van der Waals surface area contributed by atoms with Gasteiger partial charge in [0.2, 0.25) is 5.91 Å². The van der Waals surface area contributed by atoms with Crippen molar-refractivity contribution in [1.29, 1.82) is 0 Å². The summed E-state index contributed by atoms with van der Waals surface area (Å²) in [5.41, 5.74) is 0. The third-order valence-electron chi connectivity index (χ3n) is 5.32. The summed E-state index contributed by atoms with van der Waals surface area (Å²) in [5.74, 6) is -0.0956. The Balaban J connectivity index is 1.74. The van der Waals surface area contributed by atoms with Crippen LogP contribution in [0.5, 0.6) is 0 Å². The molecule has 1 amide bonds. The van der Waals surface area contributed by atoms with Gasteiger partial charge >= 0.3 is 5.97 Å². The van der Waals surface area contributed by atoms with Crippen molar-refractivity contribution in [2.24, 2.45) is 23.7 Å². The lowest BCUT2D eigenvalue weighted by Gasteiger charge is -2.29. The molecule has 0 aromatic heterocycles. The second-order valence-electron chi connectivity index (χ2n) is 7.05. The second-order valence-corrected chi connectivity index (χ2v) is 7.05. The van der Waals surface area contributed by atoms with Crippen molar-refractivity contribution in [3.8, 4) is 0 Å². The van der Waals surface area contributed by atoms with Gasteiger partial charge in [-0.3, -0.25) is 9.59 Å². The van der Waals surface area contributed by atoms with Crippen LogP contribution in [0.25, 0.3) is 0 Å². The van der Waals surface area contributed by atoms with Crippen LogP contribution in [-0.2, 0) is 9.59 Å². The van der Waals surface area contributed by atoms with Crippen molar-refractivity contribution in [2.45, 2.75) is 64.7 Å². The summed E-state index contributed by atoms with van der Waals surface area (Å²) in [5, 5.41) is 12.2. The molecule has 120 valence electrons. The number of nitrogens with one attached hydrogen (secondary N) is 1. The number of hydrogen-bond acceptors (Lipinski definition) is 2. The van der Waals surface area contributed by atoms with E-state index in [1.165, 1.54) is 25.7 Å². The number of aliphatic carboxylic acids is 1. The van der Waals surface area contributed by atoms with Gasteiger partial charge in [-0.1, -0.05) is 39.0 Å². The highest BCUT2D eigenvalue weighted by atomic mass is 16.4. The van der Waals surface area contributed by atoms with Gasteiger partial charge in [-0.15, -0.1) is 0 Å². The average Bonchev–Trinajstić information content (AvgIpc) is 2.47. The van der Waals surface area contributed by atoms with Gasteiger partial charge in [-0.05, 0) is 37.5 Å². The summed E-state index contributed by atoms with van der Waals surface area (Å²) in [4.78, 5) is 23.5. The molecule has 2 N–H and O–H groups in total. The molecule has 2 fully saturated rings. The number of rotatable bonds is 5. The monoisotopic (exact) mass is 295 g/mol. The molecule has 0 aromatic rings. The molecule has 0 aliphatic heterocycles. The van der Waals surface area contributed by atoms with Crippen LogP contribution in [0.2, 0.25) is 0 Å². The molecule has 4 atom stereocenters. The van der Waals surface area contributed by atoms with Gasteiger partial charge in [0.1, 0.15) is 0 Å². The molecule has 4 nitrogen and oxygen atoms in total. The smallest absolute Gasteiger partial charge is 0.307 e. The van der Waals surface area contributed by atoms with E-state index in [1.807, 2.05) is 0 Å². The van der Waals surface area contributed by atoms with Crippen molar-refractivity contribution in [3.05, 3.63) is 0 Å². The lowest BCUT2D eigenvalue weighted by molar-refractivity contribution is -0.148.